The second kappa shape index (κ2) is 10.8. The van der Waals surface area contributed by atoms with E-state index in [0.717, 1.165) is 0 Å². The van der Waals surface area contributed by atoms with Crippen molar-refractivity contribution in [1.29, 1.82) is 0 Å². The zero-order valence-corrected chi connectivity index (χ0v) is 21.6. The highest BCUT2D eigenvalue weighted by Gasteiger charge is 2.35. The lowest BCUT2D eigenvalue weighted by atomic mass is 9.94. The third-order valence-corrected chi connectivity index (χ3v) is 6.77. The first-order valence-corrected chi connectivity index (χ1v) is 12.4. The highest BCUT2D eigenvalue weighted by Crippen LogP contribution is 2.40. The lowest BCUT2D eigenvalue weighted by Gasteiger charge is -2.26. The summed E-state index contributed by atoms with van der Waals surface area (Å²) < 4.78 is 18.6. The summed E-state index contributed by atoms with van der Waals surface area (Å²) in [5.74, 6) is -0.709. The van der Waals surface area contributed by atoms with Crippen molar-refractivity contribution >= 4 is 29.4 Å². The van der Waals surface area contributed by atoms with Crippen molar-refractivity contribution in [3.05, 3.63) is 90.1 Å². The Morgan fingerprint density at radius 1 is 1.14 bits per heavy atom. The number of hydrogen-bond acceptors (Lipinski definition) is 8. The fraction of sp³-hybridized carbons (Fsp3) is 0.259. The molecule has 9 nitrogen and oxygen atoms in total. The maximum Gasteiger partial charge on any atom is 0.338 e. The fourth-order valence-corrected chi connectivity index (χ4v) is 5.21. The molecule has 37 heavy (non-hydrogen) atoms. The second-order valence-electron chi connectivity index (χ2n) is 8.04. The quantitative estimate of drug-likeness (QED) is 0.452. The summed E-state index contributed by atoms with van der Waals surface area (Å²) in [6, 6.07) is 10.7. The van der Waals surface area contributed by atoms with E-state index < -0.39 is 18.0 Å². The number of para-hydroxylation sites is 1. The summed E-state index contributed by atoms with van der Waals surface area (Å²) in [5.41, 5.74) is 1.69. The van der Waals surface area contributed by atoms with E-state index in [9.17, 15) is 14.4 Å². The van der Waals surface area contributed by atoms with Crippen molar-refractivity contribution in [3.63, 3.8) is 0 Å². The summed E-state index contributed by atoms with van der Waals surface area (Å²) in [7, 11) is 1.52. The SMILES string of the molecule is CCOC(=O)C1=C(C)N=c2s/c(=C/c3ccc(C(=O)O)cc3)c(=O)n2[C@H]1c1cccc(OC)c1OCC. The van der Waals surface area contributed by atoms with Crippen molar-refractivity contribution in [2.45, 2.75) is 26.8 Å². The van der Waals surface area contributed by atoms with E-state index in [1.165, 1.54) is 35.1 Å². The Bertz CT molecular complexity index is 1570. The van der Waals surface area contributed by atoms with E-state index in [4.69, 9.17) is 19.3 Å². The van der Waals surface area contributed by atoms with E-state index in [1.54, 1.807) is 50.3 Å². The minimum Gasteiger partial charge on any atom is -0.493 e. The molecule has 0 aliphatic carbocycles. The highest BCUT2D eigenvalue weighted by molar-refractivity contribution is 7.07. The largest absolute Gasteiger partial charge is 0.493 e. The number of allylic oxidation sites excluding steroid dienone is 1. The van der Waals surface area contributed by atoms with Crippen LogP contribution in [-0.2, 0) is 9.53 Å². The van der Waals surface area contributed by atoms with E-state index >= 15 is 0 Å². The zero-order valence-electron chi connectivity index (χ0n) is 20.8. The summed E-state index contributed by atoms with van der Waals surface area (Å²) in [6.07, 6.45) is 1.67. The minimum absolute atomic E-state index is 0.148. The molecule has 2 heterocycles. The third kappa shape index (κ3) is 4.92. The molecule has 1 aromatic heterocycles. The Balaban J connectivity index is 1.98. The predicted molar refractivity (Wildman–Crippen MR) is 138 cm³/mol. The van der Waals surface area contributed by atoms with Crippen LogP contribution in [0.2, 0.25) is 0 Å². The van der Waals surface area contributed by atoms with Crippen LogP contribution in [-0.4, -0.2) is 41.9 Å². The van der Waals surface area contributed by atoms with E-state index in [2.05, 4.69) is 4.99 Å². The maximum atomic E-state index is 13.8. The summed E-state index contributed by atoms with van der Waals surface area (Å²) >= 11 is 1.18. The Morgan fingerprint density at radius 2 is 1.86 bits per heavy atom. The van der Waals surface area contributed by atoms with Gasteiger partial charge in [0.25, 0.3) is 5.56 Å². The molecule has 3 aromatic rings. The number of carboxylic acids is 1. The van der Waals surface area contributed by atoms with Gasteiger partial charge in [-0.05, 0) is 50.6 Å². The number of carboxylic acid groups (broad SMARTS) is 1. The van der Waals surface area contributed by atoms with Crippen LogP contribution in [0, 0.1) is 0 Å². The Kier molecular flexibility index (Phi) is 7.58. The molecule has 0 radical (unpaired) electrons. The molecule has 0 spiro atoms. The van der Waals surface area contributed by atoms with E-state index in [-0.39, 0.29) is 23.3 Å². The molecule has 10 heteroatoms. The molecule has 0 saturated carbocycles. The molecule has 4 rings (SSSR count). The standard InChI is InChI=1S/C27H26N2O7S/c1-5-35-23-18(8-7-9-19(23)34-4)22-21(26(33)36-6-2)15(3)28-27-29(22)24(30)20(37-27)14-16-10-12-17(13-11-16)25(31)32/h7-14,22H,5-6H2,1-4H3,(H,31,32)/b20-14+/t22-/m0/s1. The van der Waals surface area contributed by atoms with Gasteiger partial charge in [0.05, 0.1) is 41.7 Å². The average Bonchev–Trinajstić information content (AvgIpc) is 3.18. The number of esters is 1. The van der Waals surface area contributed by atoms with Gasteiger partial charge < -0.3 is 19.3 Å². The molecule has 192 valence electrons. The Labute approximate surface area is 216 Å². The molecule has 1 N–H and O–H groups in total. The van der Waals surface area contributed by atoms with Gasteiger partial charge in [-0.2, -0.15) is 0 Å². The Morgan fingerprint density at radius 3 is 2.49 bits per heavy atom. The first-order chi connectivity index (χ1) is 17.8. The van der Waals surface area contributed by atoms with Crippen LogP contribution in [0.4, 0.5) is 0 Å². The normalized spacial score (nSPS) is 15.1. The monoisotopic (exact) mass is 522 g/mol. The topological polar surface area (TPSA) is 116 Å². The number of methoxy groups -OCH3 is 1. The molecule has 0 bridgehead atoms. The molecular weight excluding hydrogens is 496 g/mol. The first kappa shape index (κ1) is 25.9. The fourth-order valence-electron chi connectivity index (χ4n) is 4.17. The van der Waals surface area contributed by atoms with Crippen molar-refractivity contribution in [2.75, 3.05) is 20.3 Å². The van der Waals surface area contributed by atoms with E-state index in [1.807, 2.05) is 6.92 Å². The van der Waals surface area contributed by atoms with Gasteiger partial charge in [0, 0.05) is 5.56 Å². The van der Waals surface area contributed by atoms with Crippen LogP contribution >= 0.6 is 11.3 Å². The molecule has 1 atom stereocenters. The number of carbonyl (C=O) groups excluding carboxylic acids is 1. The smallest absolute Gasteiger partial charge is 0.338 e. The number of aromatic carboxylic acids is 1. The molecular formula is C27H26N2O7S. The number of hydrogen-bond donors (Lipinski definition) is 1. The van der Waals surface area contributed by atoms with E-state index in [0.29, 0.717) is 44.3 Å². The third-order valence-electron chi connectivity index (χ3n) is 5.78. The molecule has 0 saturated heterocycles. The van der Waals surface area contributed by atoms with Gasteiger partial charge in [-0.15, -0.1) is 0 Å². The summed E-state index contributed by atoms with van der Waals surface area (Å²) in [6.45, 7) is 5.77. The second-order valence-corrected chi connectivity index (χ2v) is 9.05. The predicted octanol–water partition coefficient (Wildman–Crippen LogP) is 2.90. The van der Waals surface area contributed by atoms with Gasteiger partial charge in [0.1, 0.15) is 6.04 Å². The summed E-state index contributed by atoms with van der Waals surface area (Å²) in [5, 5.41) is 9.15. The summed E-state index contributed by atoms with van der Waals surface area (Å²) in [4.78, 5) is 43.1. The molecule has 0 amide bonds. The number of ether oxygens (including phenoxy) is 3. The van der Waals surface area contributed by atoms with Gasteiger partial charge in [-0.25, -0.2) is 14.6 Å². The van der Waals surface area contributed by atoms with Crippen LogP contribution in [0.1, 0.15) is 48.3 Å². The molecule has 0 unspecified atom stereocenters. The van der Waals surface area contributed by atoms with Crippen molar-refractivity contribution in [1.82, 2.24) is 4.57 Å². The van der Waals surface area contributed by atoms with Crippen LogP contribution in [0.5, 0.6) is 11.5 Å². The van der Waals surface area contributed by atoms with Crippen molar-refractivity contribution in [3.8, 4) is 11.5 Å². The van der Waals surface area contributed by atoms with Gasteiger partial charge in [0.15, 0.2) is 16.3 Å². The van der Waals surface area contributed by atoms with Gasteiger partial charge in [0.2, 0.25) is 0 Å². The number of aromatic nitrogens is 1. The van der Waals surface area contributed by atoms with Gasteiger partial charge >= 0.3 is 11.9 Å². The van der Waals surface area contributed by atoms with Crippen molar-refractivity contribution < 1.29 is 28.9 Å². The van der Waals surface area contributed by atoms with Crippen LogP contribution in [0.3, 0.4) is 0 Å². The maximum absolute atomic E-state index is 13.8. The number of thiazole rings is 1. The molecule has 1 aliphatic heterocycles. The van der Waals surface area contributed by atoms with Crippen molar-refractivity contribution in [2.24, 2.45) is 4.99 Å². The zero-order chi connectivity index (χ0) is 26.7. The molecule has 1 aliphatic rings. The van der Waals surface area contributed by atoms with Crippen LogP contribution < -0.4 is 24.4 Å². The molecule has 2 aromatic carbocycles. The van der Waals surface area contributed by atoms with Gasteiger partial charge in [-0.1, -0.05) is 35.6 Å². The minimum atomic E-state index is -1.03. The van der Waals surface area contributed by atoms with Gasteiger partial charge in [-0.3, -0.25) is 9.36 Å². The number of benzene rings is 2. The molecule has 0 fully saturated rings. The Hall–Kier alpha value is -4.18. The number of fused-ring (bicyclic) bond motifs is 1. The highest BCUT2D eigenvalue weighted by atomic mass is 32.1. The first-order valence-electron chi connectivity index (χ1n) is 11.6. The lowest BCUT2D eigenvalue weighted by molar-refractivity contribution is -0.139. The number of nitrogens with zero attached hydrogens (tertiary/aromatic N) is 2. The van der Waals surface area contributed by atoms with Crippen LogP contribution in [0.25, 0.3) is 6.08 Å². The van der Waals surface area contributed by atoms with Crippen LogP contribution in [0.15, 0.2) is 63.5 Å². The lowest BCUT2D eigenvalue weighted by Crippen LogP contribution is -2.40. The number of carbonyl (C=O) groups is 2. The average molecular weight is 523 g/mol. The number of rotatable bonds is 8.